The molecule has 1 aliphatic rings. The lowest BCUT2D eigenvalue weighted by atomic mass is 9.97. The monoisotopic (exact) mass is 369 g/mol. The smallest absolute Gasteiger partial charge is 0.306 e. The van der Waals surface area contributed by atoms with Crippen LogP contribution in [0.5, 0.6) is 0 Å². The van der Waals surface area contributed by atoms with Crippen molar-refractivity contribution in [2.45, 2.75) is 26.7 Å². The topological polar surface area (TPSA) is 107 Å². The van der Waals surface area contributed by atoms with E-state index in [2.05, 4.69) is 25.5 Å². The number of aromatic nitrogens is 2. The van der Waals surface area contributed by atoms with E-state index in [1.54, 1.807) is 12.1 Å². The van der Waals surface area contributed by atoms with Gasteiger partial charge < -0.3 is 20.6 Å². The van der Waals surface area contributed by atoms with E-state index in [-0.39, 0.29) is 11.8 Å². The molecule has 3 N–H and O–H groups in total. The molecule has 0 bridgehead atoms. The Morgan fingerprint density at radius 2 is 1.74 bits per heavy atom. The average molecular weight is 369 g/mol. The molecular formula is C19H23N5O3. The maximum absolute atomic E-state index is 11.1. The molecule has 8 nitrogen and oxygen atoms in total. The van der Waals surface area contributed by atoms with E-state index in [0.717, 1.165) is 22.9 Å². The number of carbonyl (C=O) groups is 2. The Hall–Kier alpha value is -3.16. The highest BCUT2D eigenvalue weighted by molar-refractivity contribution is 5.88. The first-order valence-corrected chi connectivity index (χ1v) is 8.89. The van der Waals surface area contributed by atoms with Crippen LogP contribution in [0.15, 0.2) is 30.3 Å². The van der Waals surface area contributed by atoms with Gasteiger partial charge in [-0.3, -0.25) is 9.59 Å². The standard InChI is InChI=1S/C19H23N5O3/c1-12-11-17(24-9-7-14(8-10-24)18(26)27)23-19(20-12)22-16-5-3-15(4-6-16)21-13(2)25/h3-6,11,14H,7-10H2,1-2H3,(H,21,25)(H,26,27)(H,20,22,23). The van der Waals surface area contributed by atoms with Crippen molar-refractivity contribution in [2.24, 2.45) is 5.92 Å². The number of carbonyl (C=O) groups excluding carboxylic acids is 1. The highest BCUT2D eigenvalue weighted by Gasteiger charge is 2.25. The number of hydrogen-bond acceptors (Lipinski definition) is 6. The van der Waals surface area contributed by atoms with Gasteiger partial charge in [-0.2, -0.15) is 4.98 Å². The van der Waals surface area contributed by atoms with Crippen LogP contribution in [0.2, 0.25) is 0 Å². The number of benzene rings is 1. The molecular weight excluding hydrogens is 346 g/mol. The number of amides is 1. The predicted molar refractivity (Wildman–Crippen MR) is 103 cm³/mol. The summed E-state index contributed by atoms with van der Waals surface area (Å²) in [4.78, 5) is 33.3. The first kappa shape index (κ1) is 18.6. The number of aryl methyl sites for hydroxylation is 1. The summed E-state index contributed by atoms with van der Waals surface area (Å²) in [6, 6.07) is 9.20. The lowest BCUT2D eigenvalue weighted by Gasteiger charge is -2.31. The third-order valence-electron chi connectivity index (χ3n) is 4.47. The van der Waals surface area contributed by atoms with Gasteiger partial charge in [0.15, 0.2) is 0 Å². The van der Waals surface area contributed by atoms with Crippen molar-refractivity contribution in [2.75, 3.05) is 28.6 Å². The van der Waals surface area contributed by atoms with Gasteiger partial charge in [0.05, 0.1) is 5.92 Å². The van der Waals surface area contributed by atoms with Crippen LogP contribution in [0.4, 0.5) is 23.1 Å². The van der Waals surface area contributed by atoms with Crippen LogP contribution >= 0.6 is 0 Å². The van der Waals surface area contributed by atoms with Gasteiger partial charge in [-0.05, 0) is 44.0 Å². The number of carboxylic acids is 1. The number of carboxylic acid groups (broad SMARTS) is 1. The van der Waals surface area contributed by atoms with Crippen LogP contribution < -0.4 is 15.5 Å². The molecule has 1 amide bonds. The minimum absolute atomic E-state index is 0.117. The van der Waals surface area contributed by atoms with Gasteiger partial charge in [0, 0.05) is 43.1 Å². The molecule has 0 spiro atoms. The average Bonchev–Trinajstić information content (AvgIpc) is 2.62. The highest BCUT2D eigenvalue weighted by atomic mass is 16.4. The van der Waals surface area contributed by atoms with E-state index in [1.807, 2.05) is 25.1 Å². The zero-order chi connectivity index (χ0) is 19.4. The molecule has 3 rings (SSSR count). The largest absolute Gasteiger partial charge is 0.481 e. The fraction of sp³-hybridized carbons (Fsp3) is 0.368. The minimum Gasteiger partial charge on any atom is -0.481 e. The maximum Gasteiger partial charge on any atom is 0.306 e. The Balaban J connectivity index is 1.70. The summed E-state index contributed by atoms with van der Waals surface area (Å²) >= 11 is 0. The van der Waals surface area contributed by atoms with Crippen LogP contribution in [0, 0.1) is 12.8 Å². The molecule has 0 unspecified atom stereocenters. The first-order valence-electron chi connectivity index (χ1n) is 8.89. The minimum atomic E-state index is -0.724. The van der Waals surface area contributed by atoms with Crippen molar-refractivity contribution < 1.29 is 14.7 Å². The first-order chi connectivity index (χ1) is 12.9. The lowest BCUT2D eigenvalue weighted by molar-refractivity contribution is -0.142. The number of aliphatic carboxylic acids is 1. The molecule has 2 heterocycles. The molecule has 1 fully saturated rings. The molecule has 0 radical (unpaired) electrons. The molecule has 27 heavy (non-hydrogen) atoms. The highest BCUT2D eigenvalue weighted by Crippen LogP contribution is 2.24. The van der Waals surface area contributed by atoms with Gasteiger partial charge in [-0.15, -0.1) is 0 Å². The Labute approximate surface area is 157 Å². The van der Waals surface area contributed by atoms with E-state index in [1.165, 1.54) is 6.92 Å². The van der Waals surface area contributed by atoms with Gasteiger partial charge in [0.2, 0.25) is 11.9 Å². The number of rotatable bonds is 5. The summed E-state index contributed by atoms with van der Waals surface area (Å²) < 4.78 is 0. The molecule has 1 saturated heterocycles. The van der Waals surface area contributed by atoms with Gasteiger partial charge in [0.1, 0.15) is 5.82 Å². The van der Waals surface area contributed by atoms with Crippen molar-refractivity contribution in [3.63, 3.8) is 0 Å². The predicted octanol–water partition coefficient (Wildman–Crippen LogP) is 2.79. The summed E-state index contributed by atoms with van der Waals surface area (Å²) in [5.74, 6) is 0.165. The Kier molecular flexibility index (Phi) is 5.54. The normalized spacial score (nSPS) is 14.7. The van der Waals surface area contributed by atoms with Crippen molar-refractivity contribution in [3.8, 4) is 0 Å². The molecule has 1 aromatic heterocycles. The van der Waals surface area contributed by atoms with Gasteiger partial charge in [-0.1, -0.05) is 0 Å². The molecule has 2 aromatic rings. The molecule has 0 saturated carbocycles. The van der Waals surface area contributed by atoms with Crippen LogP contribution in [0.1, 0.15) is 25.5 Å². The van der Waals surface area contributed by atoms with E-state index < -0.39 is 5.97 Å². The second-order valence-electron chi connectivity index (χ2n) is 6.67. The molecule has 1 aromatic carbocycles. The molecule has 8 heteroatoms. The van der Waals surface area contributed by atoms with Crippen LogP contribution in [-0.4, -0.2) is 40.0 Å². The molecule has 142 valence electrons. The summed E-state index contributed by atoms with van der Waals surface area (Å²) in [7, 11) is 0. The Morgan fingerprint density at radius 1 is 1.11 bits per heavy atom. The maximum atomic E-state index is 11.1. The van der Waals surface area contributed by atoms with Crippen molar-refractivity contribution in [3.05, 3.63) is 36.0 Å². The van der Waals surface area contributed by atoms with Crippen LogP contribution in [-0.2, 0) is 9.59 Å². The third kappa shape index (κ3) is 4.93. The van der Waals surface area contributed by atoms with Gasteiger partial charge in [-0.25, -0.2) is 4.98 Å². The van der Waals surface area contributed by atoms with E-state index >= 15 is 0 Å². The summed E-state index contributed by atoms with van der Waals surface area (Å²) in [6.45, 7) is 4.70. The van der Waals surface area contributed by atoms with E-state index in [9.17, 15) is 9.59 Å². The Morgan fingerprint density at radius 3 is 2.33 bits per heavy atom. The number of anilines is 4. The van der Waals surface area contributed by atoms with Crippen LogP contribution in [0.3, 0.4) is 0 Å². The SMILES string of the molecule is CC(=O)Nc1ccc(Nc2nc(C)cc(N3CCC(C(=O)O)CC3)n2)cc1. The summed E-state index contributed by atoms with van der Waals surface area (Å²) in [5, 5.41) is 15.0. The number of piperidine rings is 1. The molecule has 0 aliphatic carbocycles. The Bertz CT molecular complexity index is 830. The number of nitrogens with zero attached hydrogens (tertiary/aromatic N) is 3. The number of hydrogen-bond donors (Lipinski definition) is 3. The van der Waals surface area contributed by atoms with Crippen molar-refractivity contribution in [1.29, 1.82) is 0 Å². The number of nitrogens with one attached hydrogen (secondary N) is 2. The van der Waals surface area contributed by atoms with E-state index in [0.29, 0.717) is 31.9 Å². The van der Waals surface area contributed by atoms with Gasteiger partial charge >= 0.3 is 5.97 Å². The quantitative estimate of drug-likeness (QED) is 0.744. The second-order valence-corrected chi connectivity index (χ2v) is 6.67. The van der Waals surface area contributed by atoms with Crippen molar-refractivity contribution >= 4 is 35.0 Å². The molecule has 0 atom stereocenters. The summed E-state index contributed by atoms with van der Waals surface area (Å²) in [5.41, 5.74) is 2.36. The second kappa shape index (κ2) is 8.03. The summed E-state index contributed by atoms with van der Waals surface area (Å²) in [6.07, 6.45) is 1.23. The van der Waals surface area contributed by atoms with Crippen LogP contribution in [0.25, 0.3) is 0 Å². The lowest BCUT2D eigenvalue weighted by Crippen LogP contribution is -2.36. The van der Waals surface area contributed by atoms with Gasteiger partial charge in [0.25, 0.3) is 0 Å². The fourth-order valence-corrected chi connectivity index (χ4v) is 3.09. The van der Waals surface area contributed by atoms with E-state index in [4.69, 9.17) is 5.11 Å². The third-order valence-corrected chi connectivity index (χ3v) is 4.47. The van der Waals surface area contributed by atoms with Crippen molar-refractivity contribution in [1.82, 2.24) is 9.97 Å². The fourth-order valence-electron chi connectivity index (χ4n) is 3.09. The molecule has 1 aliphatic heterocycles. The zero-order valence-corrected chi connectivity index (χ0v) is 15.4. The zero-order valence-electron chi connectivity index (χ0n) is 15.4.